The number of aliphatic hydroxyl groups excluding tert-OH is 3. The second kappa shape index (κ2) is 14.5. The number of allylic oxidation sites excluding steroid dienone is 5. The van der Waals surface area contributed by atoms with Crippen LogP contribution in [-0.2, 0) is 4.79 Å². The van der Waals surface area contributed by atoms with E-state index in [1.54, 1.807) is 13.8 Å². The van der Waals surface area contributed by atoms with Crippen molar-refractivity contribution in [3.63, 3.8) is 0 Å². The Morgan fingerprint density at radius 3 is 2.53 bits per heavy atom. The standard InChI is InChI=1S/C32H51NO5/c1-7-33-29(14-13-22(2)3)23(4)10-8-11-25(21-36)27-16-18-32(30(27)37)28(12-9-19-34)26(24(5)20-35)15-17-31(32,6)38/h8,10-11,13,20,27-30,33-34,36-38H,4,7,9,12,14-19,21H2,1-3,5-6H3/b10-8+,25-11-,26-24+/t27-,28-,29+,30-,31-,32-/m1/s1. The molecule has 6 nitrogen and oxygen atoms in total. The van der Waals surface area contributed by atoms with Crippen molar-refractivity contribution in [1.29, 1.82) is 0 Å². The minimum absolute atomic E-state index is 0.0135. The van der Waals surface area contributed by atoms with E-state index in [0.29, 0.717) is 44.1 Å². The molecule has 0 aromatic heterocycles. The highest BCUT2D eigenvalue weighted by Crippen LogP contribution is 2.62. The summed E-state index contributed by atoms with van der Waals surface area (Å²) >= 11 is 0. The molecule has 0 saturated heterocycles. The van der Waals surface area contributed by atoms with E-state index >= 15 is 0 Å². The lowest BCUT2D eigenvalue weighted by Gasteiger charge is -2.55. The molecule has 6 atom stereocenters. The molecule has 0 unspecified atom stereocenters. The predicted molar refractivity (Wildman–Crippen MR) is 155 cm³/mol. The van der Waals surface area contributed by atoms with E-state index in [1.165, 1.54) is 5.57 Å². The van der Waals surface area contributed by atoms with Gasteiger partial charge in [-0.2, -0.15) is 0 Å². The molecular weight excluding hydrogens is 478 g/mol. The average Bonchev–Trinajstić information content (AvgIpc) is 3.22. The first-order chi connectivity index (χ1) is 18.0. The van der Waals surface area contributed by atoms with Crippen LogP contribution < -0.4 is 5.32 Å². The van der Waals surface area contributed by atoms with Crippen LogP contribution in [0.15, 0.2) is 58.7 Å². The smallest absolute Gasteiger partial charge is 0.145 e. The average molecular weight is 530 g/mol. The monoisotopic (exact) mass is 529 g/mol. The lowest BCUT2D eigenvalue weighted by Crippen LogP contribution is -2.59. The molecule has 2 rings (SSSR count). The Hall–Kier alpha value is -1.83. The van der Waals surface area contributed by atoms with Crippen molar-refractivity contribution in [2.24, 2.45) is 17.3 Å². The molecule has 38 heavy (non-hydrogen) atoms. The molecule has 2 aliphatic carbocycles. The van der Waals surface area contributed by atoms with Gasteiger partial charge in [-0.15, -0.1) is 0 Å². The number of aldehydes is 1. The zero-order valence-corrected chi connectivity index (χ0v) is 24.2. The number of aliphatic hydroxyl groups is 4. The quantitative estimate of drug-likeness (QED) is 0.104. The topological polar surface area (TPSA) is 110 Å². The molecule has 0 bridgehead atoms. The third-order valence-electron chi connectivity index (χ3n) is 8.98. The number of hydrogen-bond acceptors (Lipinski definition) is 6. The van der Waals surface area contributed by atoms with Crippen molar-refractivity contribution in [3.05, 3.63) is 58.7 Å². The summed E-state index contributed by atoms with van der Waals surface area (Å²) in [5, 5.41) is 46.9. The van der Waals surface area contributed by atoms with E-state index in [1.807, 2.05) is 18.2 Å². The summed E-state index contributed by atoms with van der Waals surface area (Å²) in [7, 11) is 0. The van der Waals surface area contributed by atoms with Crippen LogP contribution in [0, 0.1) is 17.3 Å². The maximum atomic E-state index is 11.9. The van der Waals surface area contributed by atoms with Gasteiger partial charge in [0.1, 0.15) is 6.29 Å². The molecule has 5 N–H and O–H groups in total. The summed E-state index contributed by atoms with van der Waals surface area (Å²) in [6, 6.07) is 0.119. The summed E-state index contributed by atoms with van der Waals surface area (Å²) in [5.41, 5.74) is 2.57. The van der Waals surface area contributed by atoms with Crippen LogP contribution in [0.4, 0.5) is 0 Å². The zero-order chi connectivity index (χ0) is 28.5. The second-order valence-electron chi connectivity index (χ2n) is 11.6. The molecule has 1 spiro atoms. The maximum Gasteiger partial charge on any atom is 0.145 e. The van der Waals surface area contributed by atoms with Gasteiger partial charge in [0.2, 0.25) is 0 Å². The van der Waals surface area contributed by atoms with E-state index < -0.39 is 17.1 Å². The molecule has 2 fully saturated rings. The summed E-state index contributed by atoms with van der Waals surface area (Å²) in [6.07, 6.45) is 12.1. The number of carbonyl (C=O) groups excluding carboxylic acids is 1. The maximum absolute atomic E-state index is 11.9. The van der Waals surface area contributed by atoms with Crippen molar-refractivity contribution in [2.45, 2.75) is 97.3 Å². The Morgan fingerprint density at radius 1 is 1.24 bits per heavy atom. The molecule has 0 aromatic carbocycles. The van der Waals surface area contributed by atoms with Gasteiger partial charge in [-0.05, 0) is 102 Å². The first kappa shape index (κ1) is 32.4. The fourth-order valence-electron chi connectivity index (χ4n) is 6.83. The number of nitrogens with one attached hydrogen (secondary N) is 1. The fourth-order valence-corrected chi connectivity index (χ4v) is 6.83. The van der Waals surface area contributed by atoms with Gasteiger partial charge in [0, 0.05) is 24.0 Å². The molecule has 6 heteroatoms. The van der Waals surface area contributed by atoms with Crippen molar-refractivity contribution in [1.82, 2.24) is 5.32 Å². The lowest BCUT2D eigenvalue weighted by atomic mass is 9.52. The van der Waals surface area contributed by atoms with Gasteiger partial charge >= 0.3 is 0 Å². The highest BCUT2D eigenvalue weighted by atomic mass is 16.3. The Labute approximate surface area is 229 Å². The highest BCUT2D eigenvalue weighted by Gasteiger charge is 2.63. The largest absolute Gasteiger partial charge is 0.396 e. The Kier molecular flexibility index (Phi) is 12.4. The second-order valence-corrected chi connectivity index (χ2v) is 11.6. The van der Waals surface area contributed by atoms with Crippen LogP contribution >= 0.6 is 0 Å². The Bertz CT molecular complexity index is 939. The molecule has 0 aliphatic heterocycles. The van der Waals surface area contributed by atoms with E-state index in [0.717, 1.165) is 36.0 Å². The third-order valence-corrected chi connectivity index (χ3v) is 8.98. The van der Waals surface area contributed by atoms with Crippen LogP contribution in [0.3, 0.4) is 0 Å². The van der Waals surface area contributed by atoms with Gasteiger partial charge in [-0.3, -0.25) is 4.79 Å². The van der Waals surface area contributed by atoms with Gasteiger partial charge in [-0.1, -0.05) is 49.0 Å². The molecule has 0 radical (unpaired) electrons. The van der Waals surface area contributed by atoms with Crippen molar-refractivity contribution in [3.8, 4) is 0 Å². The van der Waals surface area contributed by atoms with Crippen LogP contribution in [0.5, 0.6) is 0 Å². The van der Waals surface area contributed by atoms with Crippen LogP contribution in [0.25, 0.3) is 0 Å². The van der Waals surface area contributed by atoms with Crippen LogP contribution in [0.1, 0.15) is 79.6 Å². The lowest BCUT2D eigenvalue weighted by molar-refractivity contribution is -0.167. The first-order valence-corrected chi connectivity index (χ1v) is 14.2. The van der Waals surface area contributed by atoms with Gasteiger partial charge in [-0.25, -0.2) is 0 Å². The number of carbonyl (C=O) groups is 1. The molecule has 0 aromatic rings. The number of likely N-dealkylation sites (N-methyl/N-ethyl adjacent to an activating group) is 1. The van der Waals surface area contributed by atoms with Crippen LogP contribution in [0.2, 0.25) is 0 Å². The highest BCUT2D eigenvalue weighted by molar-refractivity contribution is 5.74. The van der Waals surface area contributed by atoms with Crippen molar-refractivity contribution >= 4 is 6.29 Å². The van der Waals surface area contributed by atoms with Crippen molar-refractivity contribution in [2.75, 3.05) is 19.8 Å². The Morgan fingerprint density at radius 2 is 1.95 bits per heavy atom. The van der Waals surface area contributed by atoms with Gasteiger partial charge < -0.3 is 25.7 Å². The summed E-state index contributed by atoms with van der Waals surface area (Å²) in [5.74, 6) is -0.526. The molecule has 2 aliphatic rings. The van der Waals surface area contributed by atoms with E-state index in [2.05, 4.69) is 38.7 Å². The van der Waals surface area contributed by atoms with Gasteiger partial charge in [0.25, 0.3) is 0 Å². The minimum atomic E-state index is -1.14. The summed E-state index contributed by atoms with van der Waals surface area (Å²) < 4.78 is 0. The minimum Gasteiger partial charge on any atom is -0.396 e. The normalized spacial score (nSPS) is 32.0. The van der Waals surface area contributed by atoms with Gasteiger partial charge in [0.15, 0.2) is 0 Å². The molecule has 2 saturated carbocycles. The number of hydrogen-bond donors (Lipinski definition) is 5. The molecule has 0 amide bonds. The molecule has 0 heterocycles. The van der Waals surface area contributed by atoms with E-state index in [9.17, 15) is 25.2 Å². The Balaban J connectivity index is 2.38. The summed E-state index contributed by atoms with van der Waals surface area (Å²) in [4.78, 5) is 11.7. The summed E-state index contributed by atoms with van der Waals surface area (Å²) in [6.45, 7) is 14.7. The SMILES string of the molecule is C=C(/C=C/C=C(/CO)[C@H]1CC[C@@]2([C@H](CCCO)/C(=C(\C)C=O)CC[C@@]2(C)O)[C@@H]1O)[C@H](CC=C(C)C)NCC. The van der Waals surface area contributed by atoms with E-state index in [-0.39, 0.29) is 31.1 Å². The van der Waals surface area contributed by atoms with Crippen LogP contribution in [-0.4, -0.2) is 64.2 Å². The third kappa shape index (κ3) is 7.02. The van der Waals surface area contributed by atoms with E-state index in [4.69, 9.17) is 0 Å². The van der Waals surface area contributed by atoms with Gasteiger partial charge in [0.05, 0.1) is 18.3 Å². The first-order valence-electron chi connectivity index (χ1n) is 14.2. The predicted octanol–water partition coefficient (Wildman–Crippen LogP) is 4.56. The van der Waals surface area contributed by atoms with Crippen molar-refractivity contribution < 1.29 is 25.2 Å². The molecular formula is C32H51NO5. The zero-order valence-electron chi connectivity index (χ0n) is 24.2. The molecule has 214 valence electrons. The number of rotatable bonds is 13. The fraction of sp³-hybridized carbons (Fsp3) is 0.656.